The fraction of sp³-hybridized carbons (Fsp3) is 0.182. The summed E-state index contributed by atoms with van der Waals surface area (Å²) in [7, 11) is 3.57. The summed E-state index contributed by atoms with van der Waals surface area (Å²) in [5.41, 5.74) is 5.72. The first-order chi connectivity index (χ1) is 7.11. The highest BCUT2D eigenvalue weighted by atomic mass is 16.1. The molecule has 0 saturated carbocycles. The van der Waals surface area contributed by atoms with E-state index in [-0.39, 0.29) is 5.56 Å². The molecule has 0 bridgehead atoms. The second-order valence-corrected chi connectivity index (χ2v) is 3.62. The van der Waals surface area contributed by atoms with Crippen molar-refractivity contribution in [1.29, 1.82) is 0 Å². The van der Waals surface area contributed by atoms with Crippen LogP contribution in [0.2, 0.25) is 0 Å². The molecular formula is C11H13N3O. The van der Waals surface area contributed by atoms with E-state index in [4.69, 9.17) is 5.73 Å². The number of fused-ring (bicyclic) bond motifs is 1. The first-order valence-corrected chi connectivity index (χ1v) is 4.69. The lowest BCUT2D eigenvalue weighted by molar-refractivity contribution is 0.717. The molecule has 1 aromatic carbocycles. The van der Waals surface area contributed by atoms with Gasteiger partial charge >= 0.3 is 0 Å². The van der Waals surface area contributed by atoms with Gasteiger partial charge in [0.2, 0.25) is 0 Å². The first kappa shape index (κ1) is 9.58. The molecule has 0 saturated heterocycles. The maximum Gasteiger partial charge on any atom is 0.278 e. The topological polar surface area (TPSA) is 51.3 Å². The van der Waals surface area contributed by atoms with Crippen molar-refractivity contribution in [2.45, 2.75) is 0 Å². The third-order valence-electron chi connectivity index (χ3n) is 2.33. The number of aromatic nitrogens is 1. The Labute approximate surface area is 87.5 Å². The third kappa shape index (κ3) is 1.44. The molecule has 78 valence electrons. The van der Waals surface area contributed by atoms with Crippen LogP contribution in [0.4, 0.5) is 5.82 Å². The predicted octanol–water partition coefficient (Wildman–Crippen LogP) is 0.781. The maximum atomic E-state index is 12.0. The molecule has 0 unspecified atom stereocenters. The summed E-state index contributed by atoms with van der Waals surface area (Å²) in [6, 6.07) is 9.22. The quantitative estimate of drug-likeness (QED) is 0.745. The minimum Gasteiger partial charge on any atom is -0.384 e. The lowest BCUT2D eigenvalue weighted by Crippen LogP contribution is -2.37. The van der Waals surface area contributed by atoms with Gasteiger partial charge in [-0.05, 0) is 17.5 Å². The number of nitrogen functional groups attached to an aromatic ring is 1. The molecule has 2 rings (SSSR count). The molecule has 4 nitrogen and oxygen atoms in total. The summed E-state index contributed by atoms with van der Waals surface area (Å²) in [4.78, 5) is 12.0. The minimum absolute atomic E-state index is 0.0874. The standard InChI is InChI=1S/C11H13N3O/c1-13(2)14-10(12)7-8-5-3-4-6-9(8)11(14)15/h3-7H,12H2,1-2H3. The molecule has 0 aliphatic heterocycles. The van der Waals surface area contributed by atoms with E-state index in [0.717, 1.165) is 5.39 Å². The van der Waals surface area contributed by atoms with Crippen LogP contribution in [0, 0.1) is 0 Å². The number of nitrogens with zero attached hydrogens (tertiary/aromatic N) is 2. The molecule has 0 radical (unpaired) electrons. The molecule has 0 amide bonds. The predicted molar refractivity (Wildman–Crippen MR) is 62.7 cm³/mol. The Morgan fingerprint density at radius 3 is 2.60 bits per heavy atom. The van der Waals surface area contributed by atoms with Gasteiger partial charge in [-0.25, -0.2) is 4.68 Å². The number of anilines is 1. The number of hydrogen-bond acceptors (Lipinski definition) is 3. The normalized spacial score (nSPS) is 10.5. The van der Waals surface area contributed by atoms with Gasteiger partial charge in [0, 0.05) is 19.5 Å². The van der Waals surface area contributed by atoms with Crippen LogP contribution in [0.15, 0.2) is 35.1 Å². The summed E-state index contributed by atoms with van der Waals surface area (Å²) in [6.45, 7) is 0. The number of nitrogens with two attached hydrogens (primary N) is 1. The highest BCUT2D eigenvalue weighted by Crippen LogP contribution is 2.12. The van der Waals surface area contributed by atoms with Gasteiger partial charge in [0.1, 0.15) is 5.82 Å². The van der Waals surface area contributed by atoms with Crippen molar-refractivity contribution in [2.24, 2.45) is 0 Å². The molecule has 15 heavy (non-hydrogen) atoms. The van der Waals surface area contributed by atoms with Gasteiger partial charge in [-0.15, -0.1) is 0 Å². The largest absolute Gasteiger partial charge is 0.384 e. The lowest BCUT2D eigenvalue weighted by Gasteiger charge is -2.18. The van der Waals surface area contributed by atoms with E-state index in [1.54, 1.807) is 31.2 Å². The average molecular weight is 203 g/mol. The van der Waals surface area contributed by atoms with Crippen molar-refractivity contribution >= 4 is 16.6 Å². The highest BCUT2D eigenvalue weighted by molar-refractivity contribution is 5.83. The van der Waals surface area contributed by atoms with Gasteiger partial charge in [0.05, 0.1) is 0 Å². The summed E-state index contributed by atoms with van der Waals surface area (Å²) in [5.74, 6) is 0.448. The second-order valence-electron chi connectivity index (χ2n) is 3.62. The van der Waals surface area contributed by atoms with Gasteiger partial charge in [-0.2, -0.15) is 0 Å². The first-order valence-electron chi connectivity index (χ1n) is 4.69. The fourth-order valence-corrected chi connectivity index (χ4v) is 1.68. The van der Waals surface area contributed by atoms with E-state index >= 15 is 0 Å². The Balaban J connectivity index is 2.91. The zero-order valence-corrected chi connectivity index (χ0v) is 8.77. The van der Waals surface area contributed by atoms with Crippen molar-refractivity contribution in [3.05, 3.63) is 40.7 Å². The molecule has 1 heterocycles. The van der Waals surface area contributed by atoms with E-state index in [0.29, 0.717) is 11.2 Å². The summed E-state index contributed by atoms with van der Waals surface area (Å²) in [6.07, 6.45) is 0. The Hall–Kier alpha value is -1.97. The van der Waals surface area contributed by atoms with Crippen molar-refractivity contribution in [1.82, 2.24) is 4.68 Å². The number of pyridine rings is 1. The van der Waals surface area contributed by atoms with Crippen LogP contribution in [0.25, 0.3) is 10.8 Å². The SMILES string of the molecule is CN(C)n1c(N)cc2ccccc2c1=O. The van der Waals surface area contributed by atoms with Crippen molar-refractivity contribution in [3.8, 4) is 0 Å². The van der Waals surface area contributed by atoms with Crippen LogP contribution < -0.4 is 16.3 Å². The summed E-state index contributed by atoms with van der Waals surface area (Å²) < 4.78 is 1.45. The van der Waals surface area contributed by atoms with Gasteiger partial charge in [-0.3, -0.25) is 4.79 Å². The smallest absolute Gasteiger partial charge is 0.278 e. The van der Waals surface area contributed by atoms with Gasteiger partial charge < -0.3 is 10.7 Å². The Morgan fingerprint density at radius 1 is 1.27 bits per heavy atom. The van der Waals surface area contributed by atoms with Crippen LogP contribution in [0.1, 0.15) is 0 Å². The molecule has 0 atom stereocenters. The van der Waals surface area contributed by atoms with E-state index in [1.807, 2.05) is 18.2 Å². The Morgan fingerprint density at radius 2 is 1.93 bits per heavy atom. The van der Waals surface area contributed by atoms with Crippen LogP contribution >= 0.6 is 0 Å². The molecule has 1 aromatic heterocycles. The number of benzene rings is 1. The maximum absolute atomic E-state index is 12.0. The monoisotopic (exact) mass is 203 g/mol. The van der Waals surface area contributed by atoms with Gasteiger partial charge in [0.15, 0.2) is 0 Å². The second kappa shape index (κ2) is 3.31. The lowest BCUT2D eigenvalue weighted by atomic mass is 10.2. The van der Waals surface area contributed by atoms with Crippen molar-refractivity contribution in [3.63, 3.8) is 0 Å². The van der Waals surface area contributed by atoms with Crippen LogP contribution in [-0.4, -0.2) is 18.8 Å². The van der Waals surface area contributed by atoms with Gasteiger partial charge in [-0.1, -0.05) is 18.2 Å². The van der Waals surface area contributed by atoms with E-state index in [9.17, 15) is 4.79 Å². The Kier molecular flexibility index (Phi) is 2.11. The molecular weight excluding hydrogens is 190 g/mol. The number of rotatable bonds is 1. The van der Waals surface area contributed by atoms with E-state index < -0.39 is 0 Å². The molecule has 2 N–H and O–H groups in total. The Bertz CT molecular complexity index is 557. The summed E-state index contributed by atoms with van der Waals surface area (Å²) in [5, 5.41) is 3.22. The van der Waals surface area contributed by atoms with Crippen molar-refractivity contribution < 1.29 is 0 Å². The molecule has 0 spiro atoms. The molecule has 4 heteroatoms. The van der Waals surface area contributed by atoms with Crippen LogP contribution in [0.3, 0.4) is 0 Å². The van der Waals surface area contributed by atoms with Crippen molar-refractivity contribution in [2.75, 3.05) is 24.8 Å². The number of hydrogen-bond donors (Lipinski definition) is 1. The molecule has 0 fully saturated rings. The minimum atomic E-state index is -0.0874. The zero-order valence-electron chi connectivity index (χ0n) is 8.77. The zero-order chi connectivity index (χ0) is 11.0. The fourth-order valence-electron chi connectivity index (χ4n) is 1.68. The third-order valence-corrected chi connectivity index (χ3v) is 2.33. The van der Waals surface area contributed by atoms with Crippen LogP contribution in [-0.2, 0) is 0 Å². The highest BCUT2D eigenvalue weighted by Gasteiger charge is 2.07. The molecule has 0 aliphatic carbocycles. The van der Waals surface area contributed by atoms with E-state index in [1.165, 1.54) is 4.68 Å². The van der Waals surface area contributed by atoms with Crippen LogP contribution in [0.5, 0.6) is 0 Å². The molecule has 2 aromatic rings. The summed E-state index contributed by atoms with van der Waals surface area (Å²) >= 11 is 0. The van der Waals surface area contributed by atoms with E-state index in [2.05, 4.69) is 0 Å². The average Bonchev–Trinajstić information content (AvgIpc) is 2.17. The molecule has 0 aliphatic rings. The van der Waals surface area contributed by atoms with Gasteiger partial charge in [0.25, 0.3) is 5.56 Å².